The van der Waals surface area contributed by atoms with Crippen LogP contribution < -0.4 is 0 Å². The third kappa shape index (κ3) is 5.24. The van der Waals surface area contributed by atoms with Crippen LogP contribution in [-0.2, 0) is 0 Å². The van der Waals surface area contributed by atoms with Crippen LogP contribution in [0.15, 0.2) is 0 Å². The highest BCUT2D eigenvalue weighted by molar-refractivity contribution is 14.1. The van der Waals surface area contributed by atoms with Gasteiger partial charge in [0.05, 0.1) is 0 Å². The molecule has 0 saturated carbocycles. The van der Waals surface area contributed by atoms with Crippen molar-refractivity contribution in [2.24, 2.45) is 0 Å². The molecule has 0 aliphatic carbocycles. The monoisotopic (exact) mass is 234 g/mol. The Morgan fingerprint density at radius 3 is 1.83 bits per heavy atom. The minimum Gasteiger partial charge on any atom is -0.129 e. The molecule has 3 heteroatoms. The lowest BCUT2D eigenvalue weighted by molar-refractivity contribution is 1.84. The molecule has 0 saturated heterocycles. The summed E-state index contributed by atoms with van der Waals surface area (Å²) in [5.74, 6) is 0. The van der Waals surface area contributed by atoms with Crippen molar-refractivity contribution < 1.29 is 0 Å². The van der Waals surface area contributed by atoms with Gasteiger partial charge in [-0.25, -0.2) is 0 Å². The lowest BCUT2D eigenvalue weighted by atomic mass is 11.8. The van der Waals surface area contributed by atoms with Crippen LogP contribution in [0, 0.1) is 0 Å². The highest BCUT2D eigenvalue weighted by Crippen LogP contribution is 2.11. The van der Waals surface area contributed by atoms with Crippen LogP contribution in [0.1, 0.15) is 0 Å². The number of hydrogen-bond donors (Lipinski definition) is 0. The Kier molecular flexibility index (Phi) is 3.04. The number of rotatable bonds is 1. The van der Waals surface area contributed by atoms with Gasteiger partial charge in [0, 0.05) is 5.50 Å². The Hall–Kier alpha value is 1.24. The quantitative estimate of drug-likeness (QED) is 0.283. The minimum absolute atomic E-state index is 0.869. The SMILES string of the molecule is C[Si](C)(I)CCl. The van der Waals surface area contributed by atoms with E-state index in [1.807, 2.05) is 0 Å². The van der Waals surface area contributed by atoms with Crippen LogP contribution in [-0.4, -0.2) is 11.1 Å². The maximum Gasteiger partial charge on any atom is 0.134 e. The van der Waals surface area contributed by atoms with Gasteiger partial charge in [-0.3, -0.25) is 0 Å². The summed E-state index contributed by atoms with van der Waals surface area (Å²) in [4.78, 5) is 0. The van der Waals surface area contributed by atoms with Crippen LogP contribution in [0.3, 0.4) is 0 Å². The molecule has 0 bridgehead atoms. The lowest BCUT2D eigenvalue weighted by Crippen LogP contribution is -2.17. The van der Waals surface area contributed by atoms with Gasteiger partial charge < -0.3 is 0 Å². The first kappa shape index (κ1) is 7.24. The molecule has 0 heterocycles. The molecule has 0 nitrogen and oxygen atoms in total. The van der Waals surface area contributed by atoms with E-state index in [1.54, 1.807) is 0 Å². The number of alkyl halides is 1. The van der Waals surface area contributed by atoms with Crippen molar-refractivity contribution in [1.82, 2.24) is 0 Å². The third-order valence-corrected chi connectivity index (χ3v) is 5.45. The molecule has 0 amide bonds. The van der Waals surface area contributed by atoms with E-state index in [4.69, 9.17) is 11.6 Å². The zero-order valence-electron chi connectivity index (χ0n) is 3.96. The summed E-state index contributed by atoms with van der Waals surface area (Å²) in [5.41, 5.74) is -0.0271. The van der Waals surface area contributed by atoms with Crippen LogP contribution in [0.25, 0.3) is 0 Å². The smallest absolute Gasteiger partial charge is 0.129 e. The summed E-state index contributed by atoms with van der Waals surface area (Å²) in [7, 11) is 0. The topological polar surface area (TPSA) is 0 Å². The van der Waals surface area contributed by atoms with Crippen LogP contribution in [0.4, 0.5) is 0 Å². The fourth-order valence-corrected chi connectivity index (χ4v) is 0. The first-order chi connectivity index (χ1) is 2.56. The van der Waals surface area contributed by atoms with Crippen molar-refractivity contribution in [3.8, 4) is 0 Å². The van der Waals surface area contributed by atoms with E-state index in [1.165, 1.54) is 0 Å². The molecular formula is C3H8ClISi. The van der Waals surface area contributed by atoms with E-state index in [9.17, 15) is 0 Å². The van der Waals surface area contributed by atoms with Crippen molar-refractivity contribution in [3.63, 3.8) is 0 Å². The first-order valence-electron chi connectivity index (χ1n) is 1.81. The predicted octanol–water partition coefficient (Wildman–Crippen LogP) is 2.40. The second-order valence-corrected chi connectivity index (χ2v) is 15.1. The fraction of sp³-hybridized carbons (Fsp3) is 1.00. The van der Waals surface area contributed by atoms with E-state index >= 15 is 0 Å². The zero-order chi connectivity index (χ0) is 5.21. The molecule has 0 N–H and O–H groups in total. The van der Waals surface area contributed by atoms with Gasteiger partial charge >= 0.3 is 0 Å². The largest absolute Gasteiger partial charge is 0.134 e. The molecule has 0 fully saturated rings. The average molecular weight is 235 g/mol. The van der Waals surface area contributed by atoms with Gasteiger partial charge in [0.25, 0.3) is 0 Å². The minimum atomic E-state index is -0.896. The summed E-state index contributed by atoms with van der Waals surface area (Å²) < 4.78 is 0. The normalized spacial score (nSPS) is 12.0. The van der Waals surface area contributed by atoms with Gasteiger partial charge in [-0.05, 0) is 0 Å². The average Bonchev–Trinajstić information content (AvgIpc) is 1.35. The van der Waals surface area contributed by atoms with Crippen LogP contribution in [0.2, 0.25) is 13.1 Å². The maximum atomic E-state index is 5.53. The van der Waals surface area contributed by atoms with Crippen molar-refractivity contribution in [2.45, 2.75) is 13.1 Å². The van der Waals surface area contributed by atoms with E-state index in [0.29, 0.717) is 0 Å². The third-order valence-electron chi connectivity index (χ3n) is 0.318. The Labute approximate surface area is 57.5 Å². The Morgan fingerprint density at radius 1 is 1.67 bits per heavy atom. The molecule has 0 rings (SSSR count). The molecule has 38 valence electrons. The molecular weight excluding hydrogens is 226 g/mol. The Bertz CT molecular complexity index is 40.5. The Balaban J connectivity index is 3.17. The van der Waals surface area contributed by atoms with Crippen molar-refractivity contribution >= 4 is 39.0 Å². The molecule has 0 aromatic carbocycles. The summed E-state index contributed by atoms with van der Waals surface area (Å²) in [6.45, 7) is 4.47. The molecule has 0 unspecified atom stereocenters. The number of hydrogen-bond acceptors (Lipinski definition) is 0. The standard InChI is InChI=1S/C3H8ClISi/c1-6(2,5)3-4/h3H2,1-2H3. The lowest BCUT2D eigenvalue weighted by Gasteiger charge is -2.04. The molecule has 0 aliphatic heterocycles. The van der Waals surface area contributed by atoms with Gasteiger partial charge in [-0.2, -0.15) is 0 Å². The highest BCUT2D eigenvalue weighted by atomic mass is 127. The molecule has 0 radical (unpaired) electrons. The zero-order valence-corrected chi connectivity index (χ0v) is 7.88. The summed E-state index contributed by atoms with van der Waals surface area (Å²) >= 11 is 7.98. The first-order valence-corrected chi connectivity index (χ1v) is 8.67. The van der Waals surface area contributed by atoms with Crippen molar-refractivity contribution in [1.29, 1.82) is 0 Å². The molecule has 6 heavy (non-hydrogen) atoms. The van der Waals surface area contributed by atoms with Gasteiger partial charge in [0.2, 0.25) is 0 Å². The van der Waals surface area contributed by atoms with E-state index in [-0.39, 0.29) is 0 Å². The van der Waals surface area contributed by atoms with E-state index < -0.39 is 5.57 Å². The van der Waals surface area contributed by atoms with Crippen LogP contribution >= 0.6 is 33.4 Å². The summed E-state index contributed by atoms with van der Waals surface area (Å²) in [6.07, 6.45) is 0. The van der Waals surface area contributed by atoms with Crippen molar-refractivity contribution in [2.75, 3.05) is 5.50 Å². The van der Waals surface area contributed by atoms with Crippen molar-refractivity contribution in [3.05, 3.63) is 0 Å². The second-order valence-electron chi connectivity index (χ2n) is 1.85. The predicted molar refractivity (Wildman–Crippen MR) is 42.2 cm³/mol. The molecule has 0 aromatic rings. The van der Waals surface area contributed by atoms with Gasteiger partial charge in [0.15, 0.2) is 0 Å². The van der Waals surface area contributed by atoms with E-state index in [0.717, 1.165) is 5.50 Å². The highest BCUT2D eigenvalue weighted by Gasteiger charge is 2.11. The van der Waals surface area contributed by atoms with Gasteiger partial charge in [-0.15, -0.1) is 33.4 Å². The summed E-state index contributed by atoms with van der Waals surface area (Å²) in [6, 6.07) is 0. The van der Waals surface area contributed by atoms with Gasteiger partial charge in [0.1, 0.15) is 5.57 Å². The fourth-order valence-electron chi connectivity index (χ4n) is 0. The summed E-state index contributed by atoms with van der Waals surface area (Å²) in [5, 5.41) is 0. The molecule has 0 atom stereocenters. The second kappa shape index (κ2) is 2.52. The maximum absolute atomic E-state index is 5.53. The number of halogens is 2. The molecule has 0 spiro atoms. The molecule has 0 aromatic heterocycles. The Morgan fingerprint density at radius 2 is 1.83 bits per heavy atom. The van der Waals surface area contributed by atoms with Crippen LogP contribution in [0.5, 0.6) is 0 Å². The molecule has 0 aliphatic rings. The van der Waals surface area contributed by atoms with Gasteiger partial charge in [-0.1, -0.05) is 13.1 Å². The van der Waals surface area contributed by atoms with E-state index in [2.05, 4.69) is 34.9 Å².